The molecule has 0 fully saturated rings. The van der Waals surface area contributed by atoms with Gasteiger partial charge in [0.15, 0.2) is 0 Å². The monoisotopic (exact) mass is 276 g/mol. The number of esters is 1. The number of carbonyl (C=O) groups excluding carboxylic acids is 1. The van der Waals surface area contributed by atoms with E-state index in [1.54, 1.807) is 34.8 Å². The standard InChI is InChI=1S/C14H16N2O2S/c1-2-19-11-8-14(17)18-13-6-4-12(5-7-13)16-10-3-9-15-16/h3-7,9-10H,2,8,11H2,1H3. The second-order valence-corrected chi connectivity index (χ2v) is 5.26. The van der Waals surface area contributed by atoms with Gasteiger partial charge in [-0.05, 0) is 36.1 Å². The van der Waals surface area contributed by atoms with Gasteiger partial charge in [0.25, 0.3) is 0 Å². The van der Waals surface area contributed by atoms with E-state index in [0.717, 1.165) is 17.2 Å². The van der Waals surface area contributed by atoms with Crippen molar-refractivity contribution in [2.75, 3.05) is 11.5 Å². The molecule has 19 heavy (non-hydrogen) atoms. The molecular weight excluding hydrogens is 260 g/mol. The zero-order valence-electron chi connectivity index (χ0n) is 10.8. The van der Waals surface area contributed by atoms with Gasteiger partial charge in [-0.3, -0.25) is 4.79 Å². The van der Waals surface area contributed by atoms with Crippen LogP contribution in [0.1, 0.15) is 13.3 Å². The molecule has 2 rings (SSSR count). The maximum absolute atomic E-state index is 11.5. The van der Waals surface area contributed by atoms with E-state index < -0.39 is 0 Å². The Balaban J connectivity index is 1.90. The summed E-state index contributed by atoms with van der Waals surface area (Å²) in [5.41, 5.74) is 0.936. The summed E-state index contributed by atoms with van der Waals surface area (Å²) in [7, 11) is 0. The minimum atomic E-state index is -0.187. The molecule has 100 valence electrons. The average molecular weight is 276 g/mol. The van der Waals surface area contributed by atoms with E-state index in [0.29, 0.717) is 12.2 Å². The minimum Gasteiger partial charge on any atom is -0.427 e. The van der Waals surface area contributed by atoms with Crippen LogP contribution in [0.2, 0.25) is 0 Å². The molecule has 0 unspecified atom stereocenters. The Morgan fingerprint density at radius 3 is 2.79 bits per heavy atom. The lowest BCUT2D eigenvalue weighted by atomic mass is 10.3. The summed E-state index contributed by atoms with van der Waals surface area (Å²) in [4.78, 5) is 11.5. The first-order chi connectivity index (χ1) is 9.29. The van der Waals surface area contributed by atoms with E-state index in [4.69, 9.17) is 4.74 Å². The van der Waals surface area contributed by atoms with Gasteiger partial charge in [-0.1, -0.05) is 6.92 Å². The second kappa shape index (κ2) is 6.99. The first-order valence-electron chi connectivity index (χ1n) is 6.18. The highest BCUT2D eigenvalue weighted by Crippen LogP contribution is 2.15. The number of rotatable bonds is 6. The molecule has 0 bridgehead atoms. The van der Waals surface area contributed by atoms with Crippen LogP contribution in [-0.4, -0.2) is 27.3 Å². The average Bonchev–Trinajstić information content (AvgIpc) is 2.94. The molecule has 1 aromatic carbocycles. The molecule has 5 heteroatoms. The van der Waals surface area contributed by atoms with E-state index in [1.165, 1.54) is 0 Å². The van der Waals surface area contributed by atoms with Gasteiger partial charge < -0.3 is 4.74 Å². The Kier molecular flexibility index (Phi) is 5.03. The fourth-order valence-electron chi connectivity index (χ4n) is 1.57. The molecule has 0 saturated heterocycles. The van der Waals surface area contributed by atoms with Crippen LogP contribution in [0.3, 0.4) is 0 Å². The van der Waals surface area contributed by atoms with Crippen LogP contribution in [0.15, 0.2) is 42.7 Å². The quantitative estimate of drug-likeness (QED) is 0.462. The van der Waals surface area contributed by atoms with Crippen LogP contribution < -0.4 is 4.74 Å². The number of carbonyl (C=O) groups is 1. The van der Waals surface area contributed by atoms with Crippen LogP contribution in [0.4, 0.5) is 0 Å². The van der Waals surface area contributed by atoms with E-state index in [2.05, 4.69) is 12.0 Å². The summed E-state index contributed by atoms with van der Waals surface area (Å²) in [5.74, 6) is 2.21. The summed E-state index contributed by atoms with van der Waals surface area (Å²) in [6, 6.07) is 9.16. The molecule has 1 aromatic heterocycles. The van der Waals surface area contributed by atoms with Crippen LogP contribution in [0, 0.1) is 0 Å². The first kappa shape index (κ1) is 13.7. The largest absolute Gasteiger partial charge is 0.427 e. The van der Waals surface area contributed by atoms with Gasteiger partial charge in [0.1, 0.15) is 5.75 Å². The smallest absolute Gasteiger partial charge is 0.312 e. The molecule has 0 aliphatic rings. The maximum Gasteiger partial charge on any atom is 0.312 e. The summed E-state index contributed by atoms with van der Waals surface area (Å²) in [5, 5.41) is 4.13. The molecule has 0 amide bonds. The number of nitrogens with zero attached hydrogens (tertiary/aromatic N) is 2. The van der Waals surface area contributed by atoms with Gasteiger partial charge in [-0.2, -0.15) is 16.9 Å². The predicted octanol–water partition coefficient (Wildman–Crippen LogP) is 2.92. The highest BCUT2D eigenvalue weighted by atomic mass is 32.2. The van der Waals surface area contributed by atoms with Gasteiger partial charge in [-0.15, -0.1) is 0 Å². The first-order valence-corrected chi connectivity index (χ1v) is 7.33. The van der Waals surface area contributed by atoms with Crippen LogP contribution in [-0.2, 0) is 4.79 Å². The molecule has 2 aromatic rings. The summed E-state index contributed by atoms with van der Waals surface area (Å²) >= 11 is 1.74. The van der Waals surface area contributed by atoms with Gasteiger partial charge in [0.05, 0.1) is 12.1 Å². The fourth-order valence-corrected chi connectivity index (χ4v) is 2.17. The van der Waals surface area contributed by atoms with Crippen molar-refractivity contribution in [3.8, 4) is 11.4 Å². The van der Waals surface area contributed by atoms with Crippen LogP contribution in [0.25, 0.3) is 5.69 Å². The number of hydrogen-bond acceptors (Lipinski definition) is 4. The topological polar surface area (TPSA) is 44.1 Å². The predicted molar refractivity (Wildman–Crippen MR) is 76.8 cm³/mol. The van der Waals surface area contributed by atoms with Crippen molar-refractivity contribution >= 4 is 17.7 Å². The summed E-state index contributed by atoms with van der Waals surface area (Å²) in [6.45, 7) is 2.07. The minimum absolute atomic E-state index is 0.187. The molecule has 0 aliphatic heterocycles. The highest BCUT2D eigenvalue weighted by molar-refractivity contribution is 7.99. The van der Waals surface area contributed by atoms with Gasteiger partial charge in [-0.25, -0.2) is 4.68 Å². The van der Waals surface area contributed by atoms with Crippen molar-refractivity contribution in [1.29, 1.82) is 0 Å². The zero-order valence-corrected chi connectivity index (χ0v) is 11.6. The van der Waals surface area contributed by atoms with Crippen molar-refractivity contribution in [3.05, 3.63) is 42.7 Å². The van der Waals surface area contributed by atoms with E-state index in [1.807, 2.05) is 24.4 Å². The lowest BCUT2D eigenvalue weighted by molar-refractivity contribution is -0.133. The van der Waals surface area contributed by atoms with Crippen molar-refractivity contribution in [2.24, 2.45) is 0 Å². The van der Waals surface area contributed by atoms with Gasteiger partial charge in [0.2, 0.25) is 0 Å². The Morgan fingerprint density at radius 2 is 2.16 bits per heavy atom. The number of aromatic nitrogens is 2. The third kappa shape index (κ3) is 4.13. The van der Waals surface area contributed by atoms with Gasteiger partial charge >= 0.3 is 5.97 Å². The van der Waals surface area contributed by atoms with Crippen molar-refractivity contribution < 1.29 is 9.53 Å². The molecule has 0 aliphatic carbocycles. The summed E-state index contributed by atoms with van der Waals surface area (Å²) < 4.78 is 7.00. The number of benzene rings is 1. The van der Waals surface area contributed by atoms with Crippen LogP contribution in [0.5, 0.6) is 5.75 Å². The third-order valence-electron chi connectivity index (χ3n) is 2.49. The molecule has 0 spiro atoms. The summed E-state index contributed by atoms with van der Waals surface area (Å²) in [6.07, 6.45) is 4.03. The third-order valence-corrected chi connectivity index (χ3v) is 3.39. The molecule has 0 atom stereocenters. The Bertz CT molecular complexity index is 509. The van der Waals surface area contributed by atoms with Crippen molar-refractivity contribution in [3.63, 3.8) is 0 Å². The normalized spacial score (nSPS) is 10.4. The Hall–Kier alpha value is -1.75. The van der Waals surface area contributed by atoms with E-state index in [9.17, 15) is 4.79 Å². The number of thioether (sulfide) groups is 1. The zero-order chi connectivity index (χ0) is 13.5. The van der Waals surface area contributed by atoms with Gasteiger partial charge in [0, 0.05) is 18.1 Å². The van der Waals surface area contributed by atoms with E-state index >= 15 is 0 Å². The second-order valence-electron chi connectivity index (χ2n) is 3.87. The van der Waals surface area contributed by atoms with Crippen molar-refractivity contribution in [1.82, 2.24) is 9.78 Å². The molecule has 0 saturated carbocycles. The molecule has 4 nitrogen and oxygen atoms in total. The lowest BCUT2D eigenvalue weighted by Gasteiger charge is -2.05. The lowest BCUT2D eigenvalue weighted by Crippen LogP contribution is -2.08. The SMILES string of the molecule is CCSCCC(=O)Oc1ccc(-n2cccn2)cc1. The number of hydrogen-bond donors (Lipinski definition) is 0. The molecular formula is C14H16N2O2S. The Labute approximate surface area is 116 Å². The Morgan fingerprint density at radius 1 is 1.37 bits per heavy atom. The number of ether oxygens (including phenoxy) is 1. The maximum atomic E-state index is 11.5. The highest BCUT2D eigenvalue weighted by Gasteiger charge is 2.05. The molecule has 0 N–H and O–H groups in total. The fraction of sp³-hybridized carbons (Fsp3) is 0.286. The van der Waals surface area contributed by atoms with Crippen molar-refractivity contribution in [2.45, 2.75) is 13.3 Å². The van der Waals surface area contributed by atoms with Crippen LogP contribution >= 0.6 is 11.8 Å². The van der Waals surface area contributed by atoms with E-state index in [-0.39, 0.29) is 5.97 Å². The molecule has 1 heterocycles. The molecule has 0 radical (unpaired) electrons.